The summed E-state index contributed by atoms with van der Waals surface area (Å²) in [4.78, 5) is 15.8. The molecule has 1 amide bonds. The van der Waals surface area contributed by atoms with E-state index in [4.69, 9.17) is 5.73 Å². The Balaban J connectivity index is 2.04. The van der Waals surface area contributed by atoms with Gasteiger partial charge in [0.05, 0.1) is 18.0 Å². The number of piperidine rings is 1. The smallest absolute Gasteiger partial charge is 0.256 e. The van der Waals surface area contributed by atoms with Crippen molar-refractivity contribution in [2.45, 2.75) is 25.8 Å². The highest BCUT2D eigenvalue weighted by atomic mass is 19.2. The van der Waals surface area contributed by atoms with Gasteiger partial charge in [0.1, 0.15) is 5.69 Å². The molecule has 1 aliphatic heterocycles. The number of benzene rings is 1. The van der Waals surface area contributed by atoms with Crippen LogP contribution in [0, 0.1) is 17.6 Å². The number of hydrogen-bond acceptors (Lipinski definition) is 4. The van der Waals surface area contributed by atoms with Crippen molar-refractivity contribution in [3.8, 4) is 5.69 Å². The van der Waals surface area contributed by atoms with Crippen molar-refractivity contribution in [2.75, 3.05) is 13.1 Å². The standard InChI is InChI=1S/C16H19F2N5O/c1-10-3-2-6-22(15(10)9-19)16(24)11-7-12(17)13(18)8-14(11)23-20-4-5-21-23/h4-5,7-8,10,15H,2-3,6,9,19H2,1H3/t10-,15-/m1/s1. The SMILES string of the molecule is C[C@@H]1CCCN(C(=O)c2cc(F)c(F)cc2-n2nccn2)[C@@H]1CN. The minimum Gasteiger partial charge on any atom is -0.334 e. The predicted molar refractivity (Wildman–Crippen MR) is 83.6 cm³/mol. The van der Waals surface area contributed by atoms with Crippen LogP contribution < -0.4 is 5.73 Å². The number of carbonyl (C=O) groups excluding carboxylic acids is 1. The monoisotopic (exact) mass is 335 g/mol. The van der Waals surface area contributed by atoms with E-state index in [9.17, 15) is 13.6 Å². The molecule has 1 aromatic heterocycles. The Bertz CT molecular complexity index is 734. The van der Waals surface area contributed by atoms with Gasteiger partial charge in [-0.3, -0.25) is 4.79 Å². The van der Waals surface area contributed by atoms with Gasteiger partial charge in [0.2, 0.25) is 0 Å². The first-order valence-corrected chi connectivity index (χ1v) is 7.89. The lowest BCUT2D eigenvalue weighted by Crippen LogP contribution is -2.51. The lowest BCUT2D eigenvalue weighted by atomic mass is 9.90. The molecule has 1 saturated heterocycles. The number of aromatic nitrogens is 3. The second-order valence-corrected chi connectivity index (χ2v) is 6.02. The predicted octanol–water partition coefficient (Wildman–Crippen LogP) is 1.74. The van der Waals surface area contributed by atoms with E-state index in [2.05, 4.69) is 10.2 Å². The number of halogens is 2. The summed E-state index contributed by atoms with van der Waals surface area (Å²) in [6, 6.07) is 1.72. The number of rotatable bonds is 3. The summed E-state index contributed by atoms with van der Waals surface area (Å²) in [5.41, 5.74) is 5.96. The third-order valence-corrected chi connectivity index (χ3v) is 4.52. The van der Waals surface area contributed by atoms with E-state index >= 15 is 0 Å². The topological polar surface area (TPSA) is 77.0 Å². The van der Waals surface area contributed by atoms with Gasteiger partial charge in [-0.25, -0.2) is 8.78 Å². The summed E-state index contributed by atoms with van der Waals surface area (Å²) < 4.78 is 27.4. The van der Waals surface area contributed by atoms with Crippen molar-refractivity contribution in [1.82, 2.24) is 19.9 Å². The van der Waals surface area contributed by atoms with E-state index < -0.39 is 11.6 Å². The molecule has 0 aliphatic carbocycles. The highest BCUT2D eigenvalue weighted by Gasteiger charge is 2.33. The molecule has 0 unspecified atom stereocenters. The quantitative estimate of drug-likeness (QED) is 0.927. The largest absolute Gasteiger partial charge is 0.334 e. The molecule has 2 N–H and O–H groups in total. The first-order chi connectivity index (χ1) is 11.5. The zero-order valence-electron chi connectivity index (χ0n) is 13.3. The third kappa shape index (κ3) is 2.89. The maximum Gasteiger partial charge on any atom is 0.256 e. The number of nitrogens with zero attached hydrogens (tertiary/aromatic N) is 4. The van der Waals surface area contributed by atoms with Crippen LogP contribution in [0.3, 0.4) is 0 Å². The van der Waals surface area contributed by atoms with Gasteiger partial charge in [-0.05, 0) is 24.8 Å². The van der Waals surface area contributed by atoms with Gasteiger partial charge >= 0.3 is 0 Å². The Labute approximate surface area is 138 Å². The van der Waals surface area contributed by atoms with E-state index in [0.717, 1.165) is 29.8 Å². The molecular formula is C16H19F2N5O. The summed E-state index contributed by atoms with van der Waals surface area (Å²) >= 11 is 0. The van der Waals surface area contributed by atoms with Crippen LogP contribution >= 0.6 is 0 Å². The van der Waals surface area contributed by atoms with Crippen LogP contribution in [0.5, 0.6) is 0 Å². The maximum atomic E-state index is 13.8. The van der Waals surface area contributed by atoms with Crippen molar-refractivity contribution < 1.29 is 13.6 Å². The Morgan fingerprint density at radius 2 is 1.96 bits per heavy atom. The molecule has 1 fully saturated rings. The van der Waals surface area contributed by atoms with E-state index in [1.165, 1.54) is 12.4 Å². The normalized spacial score (nSPS) is 21.1. The Hall–Kier alpha value is -2.35. The van der Waals surface area contributed by atoms with Crippen molar-refractivity contribution in [1.29, 1.82) is 0 Å². The lowest BCUT2D eigenvalue weighted by molar-refractivity contribution is 0.0531. The maximum absolute atomic E-state index is 13.8. The van der Waals surface area contributed by atoms with Gasteiger partial charge in [0.15, 0.2) is 11.6 Å². The van der Waals surface area contributed by atoms with Crippen molar-refractivity contribution >= 4 is 5.91 Å². The van der Waals surface area contributed by atoms with E-state index in [0.29, 0.717) is 13.1 Å². The van der Waals surface area contributed by atoms with Gasteiger partial charge < -0.3 is 10.6 Å². The molecule has 0 spiro atoms. The van der Waals surface area contributed by atoms with Gasteiger partial charge in [0.25, 0.3) is 5.91 Å². The lowest BCUT2D eigenvalue weighted by Gasteiger charge is -2.39. The number of nitrogens with two attached hydrogens (primary N) is 1. The van der Waals surface area contributed by atoms with Crippen molar-refractivity contribution in [2.24, 2.45) is 11.7 Å². The van der Waals surface area contributed by atoms with Crippen LogP contribution in [0.25, 0.3) is 5.69 Å². The van der Waals surface area contributed by atoms with E-state index in [-0.39, 0.29) is 29.1 Å². The molecule has 128 valence electrons. The molecule has 6 nitrogen and oxygen atoms in total. The number of carbonyl (C=O) groups is 1. The average molecular weight is 335 g/mol. The Morgan fingerprint density at radius 1 is 1.29 bits per heavy atom. The minimum atomic E-state index is -1.08. The minimum absolute atomic E-state index is 0.0256. The summed E-state index contributed by atoms with van der Waals surface area (Å²) in [5.74, 6) is -2.27. The van der Waals surface area contributed by atoms with Crippen LogP contribution in [-0.2, 0) is 0 Å². The highest BCUT2D eigenvalue weighted by Crippen LogP contribution is 2.27. The first kappa shape index (κ1) is 16.5. The molecule has 0 bridgehead atoms. The molecular weight excluding hydrogens is 316 g/mol. The van der Waals surface area contributed by atoms with Crippen LogP contribution in [0.15, 0.2) is 24.5 Å². The molecule has 24 heavy (non-hydrogen) atoms. The molecule has 0 radical (unpaired) electrons. The molecule has 2 atom stereocenters. The number of amides is 1. The summed E-state index contributed by atoms with van der Waals surface area (Å²) in [6.45, 7) is 2.90. The average Bonchev–Trinajstić information content (AvgIpc) is 3.10. The second kappa shape index (κ2) is 6.64. The van der Waals surface area contributed by atoms with Crippen LogP contribution in [0.1, 0.15) is 30.1 Å². The second-order valence-electron chi connectivity index (χ2n) is 6.02. The molecule has 2 heterocycles. The number of likely N-dealkylation sites (tertiary alicyclic amines) is 1. The molecule has 8 heteroatoms. The Morgan fingerprint density at radius 3 is 2.62 bits per heavy atom. The fourth-order valence-corrected chi connectivity index (χ4v) is 3.23. The van der Waals surface area contributed by atoms with Gasteiger partial charge in [-0.1, -0.05) is 6.92 Å². The summed E-state index contributed by atoms with van der Waals surface area (Å²) in [5, 5.41) is 7.84. The molecule has 1 aromatic carbocycles. The summed E-state index contributed by atoms with van der Waals surface area (Å²) in [7, 11) is 0. The molecule has 3 rings (SSSR count). The fraction of sp³-hybridized carbons (Fsp3) is 0.438. The third-order valence-electron chi connectivity index (χ3n) is 4.52. The summed E-state index contributed by atoms with van der Waals surface area (Å²) in [6.07, 6.45) is 4.64. The van der Waals surface area contributed by atoms with Crippen molar-refractivity contribution in [3.63, 3.8) is 0 Å². The Kier molecular flexibility index (Phi) is 4.57. The van der Waals surface area contributed by atoms with Crippen LogP contribution in [-0.4, -0.2) is 44.9 Å². The molecule has 2 aromatic rings. The fourth-order valence-electron chi connectivity index (χ4n) is 3.23. The first-order valence-electron chi connectivity index (χ1n) is 7.89. The molecule has 1 aliphatic rings. The van der Waals surface area contributed by atoms with E-state index in [1.807, 2.05) is 6.92 Å². The number of hydrogen-bond donors (Lipinski definition) is 1. The van der Waals surface area contributed by atoms with Gasteiger partial charge in [0, 0.05) is 25.2 Å². The highest BCUT2D eigenvalue weighted by molar-refractivity contribution is 5.98. The molecule has 0 saturated carbocycles. The van der Waals surface area contributed by atoms with Crippen LogP contribution in [0.4, 0.5) is 8.78 Å². The van der Waals surface area contributed by atoms with E-state index in [1.54, 1.807) is 4.90 Å². The van der Waals surface area contributed by atoms with Crippen molar-refractivity contribution in [3.05, 3.63) is 41.7 Å². The van der Waals surface area contributed by atoms with Gasteiger partial charge in [-0.2, -0.15) is 15.0 Å². The van der Waals surface area contributed by atoms with Gasteiger partial charge in [-0.15, -0.1) is 0 Å². The van der Waals surface area contributed by atoms with Crippen LogP contribution in [0.2, 0.25) is 0 Å². The zero-order chi connectivity index (χ0) is 17.3. The zero-order valence-corrected chi connectivity index (χ0v) is 13.3.